The van der Waals surface area contributed by atoms with Crippen molar-refractivity contribution < 1.29 is 8.42 Å². The van der Waals surface area contributed by atoms with E-state index >= 15 is 0 Å². The van der Waals surface area contributed by atoms with Crippen molar-refractivity contribution in [2.24, 2.45) is 0 Å². The van der Waals surface area contributed by atoms with Gasteiger partial charge in [-0.25, -0.2) is 13.1 Å². The van der Waals surface area contributed by atoms with E-state index in [-0.39, 0.29) is 27.3 Å². The summed E-state index contributed by atoms with van der Waals surface area (Å²) < 4.78 is 26.3. The van der Waals surface area contributed by atoms with Crippen molar-refractivity contribution in [3.05, 3.63) is 34.1 Å². The number of rotatable bonds is 4. The number of H-pyrrole nitrogens is 1. The van der Waals surface area contributed by atoms with Crippen molar-refractivity contribution in [1.29, 1.82) is 0 Å². The van der Waals surface area contributed by atoms with Gasteiger partial charge in [-0.2, -0.15) is 5.21 Å². The predicted octanol–water partition coefficient (Wildman–Crippen LogP) is 0.985. The first-order valence-corrected chi connectivity index (χ1v) is 6.90. The number of halogens is 2. The first kappa shape index (κ1) is 13.2. The molecule has 0 spiro atoms. The highest BCUT2D eigenvalue weighted by Crippen LogP contribution is 2.28. The van der Waals surface area contributed by atoms with Crippen LogP contribution in [0.1, 0.15) is 5.82 Å². The van der Waals surface area contributed by atoms with Gasteiger partial charge in [0, 0.05) is 0 Å². The van der Waals surface area contributed by atoms with Crippen LogP contribution < -0.4 is 4.72 Å². The van der Waals surface area contributed by atoms with Crippen molar-refractivity contribution in [3.8, 4) is 0 Å². The quantitative estimate of drug-likeness (QED) is 0.877. The number of benzene rings is 1. The Morgan fingerprint density at radius 2 is 1.94 bits per heavy atom. The van der Waals surface area contributed by atoms with Gasteiger partial charge in [-0.15, -0.1) is 10.2 Å². The molecule has 7 nitrogen and oxygen atoms in total. The molecule has 1 aromatic carbocycles. The molecule has 18 heavy (non-hydrogen) atoms. The van der Waals surface area contributed by atoms with Gasteiger partial charge in [-0.05, 0) is 12.1 Å². The van der Waals surface area contributed by atoms with E-state index in [4.69, 9.17) is 23.2 Å². The smallest absolute Gasteiger partial charge is 0.207 e. The molecule has 0 aliphatic carbocycles. The van der Waals surface area contributed by atoms with E-state index in [1.807, 2.05) is 0 Å². The second kappa shape index (κ2) is 5.19. The summed E-state index contributed by atoms with van der Waals surface area (Å²) in [5.41, 5.74) is 0. The van der Waals surface area contributed by atoms with Gasteiger partial charge in [0.1, 0.15) is 4.90 Å². The molecule has 10 heteroatoms. The Morgan fingerprint density at radius 1 is 1.28 bits per heavy atom. The minimum Gasteiger partial charge on any atom is -0.207 e. The van der Waals surface area contributed by atoms with Gasteiger partial charge in [0.15, 0.2) is 5.82 Å². The van der Waals surface area contributed by atoms with Crippen molar-refractivity contribution >= 4 is 33.2 Å². The summed E-state index contributed by atoms with van der Waals surface area (Å²) >= 11 is 11.6. The summed E-state index contributed by atoms with van der Waals surface area (Å²) in [7, 11) is -3.83. The Balaban J connectivity index is 2.26. The van der Waals surface area contributed by atoms with E-state index in [0.717, 1.165) is 0 Å². The van der Waals surface area contributed by atoms with Crippen molar-refractivity contribution in [3.63, 3.8) is 0 Å². The summed E-state index contributed by atoms with van der Waals surface area (Å²) in [4.78, 5) is -0.170. The molecule has 1 aromatic heterocycles. The standard InChI is InChI=1S/C8H7Cl2N5O2S/c9-5-2-1-3-6(10)8(5)18(16,17)11-4-7-12-14-15-13-7/h1-3,11H,4H2,(H,12,13,14,15). The Morgan fingerprint density at radius 3 is 2.50 bits per heavy atom. The number of aromatic amines is 1. The molecule has 0 bridgehead atoms. The van der Waals surface area contributed by atoms with E-state index in [1.54, 1.807) is 6.07 Å². The van der Waals surface area contributed by atoms with Crippen LogP contribution in [0.2, 0.25) is 10.0 Å². The Hall–Kier alpha value is -1.22. The lowest BCUT2D eigenvalue weighted by Crippen LogP contribution is -2.24. The molecule has 0 saturated heterocycles. The summed E-state index contributed by atoms with van der Waals surface area (Å²) in [6.07, 6.45) is 0. The molecule has 2 N–H and O–H groups in total. The average molecular weight is 308 g/mol. The van der Waals surface area contributed by atoms with Crippen molar-refractivity contribution in [2.75, 3.05) is 0 Å². The van der Waals surface area contributed by atoms with Gasteiger partial charge in [0.25, 0.3) is 0 Å². The molecular weight excluding hydrogens is 301 g/mol. The minimum absolute atomic E-state index is 0.0445. The Bertz CT molecular complexity index is 623. The van der Waals surface area contributed by atoms with Gasteiger partial charge in [0.05, 0.1) is 16.6 Å². The minimum atomic E-state index is -3.83. The maximum absolute atomic E-state index is 12.0. The fraction of sp³-hybridized carbons (Fsp3) is 0.125. The molecule has 96 valence electrons. The number of nitrogens with zero attached hydrogens (tertiary/aromatic N) is 3. The molecule has 0 fully saturated rings. The normalized spacial score (nSPS) is 11.7. The van der Waals surface area contributed by atoms with E-state index < -0.39 is 10.0 Å². The molecule has 1 heterocycles. The van der Waals surface area contributed by atoms with E-state index in [9.17, 15) is 8.42 Å². The summed E-state index contributed by atoms with van der Waals surface area (Å²) in [6.45, 7) is -0.111. The van der Waals surface area contributed by atoms with Gasteiger partial charge in [-0.1, -0.05) is 34.5 Å². The lowest BCUT2D eigenvalue weighted by atomic mass is 10.4. The molecule has 0 atom stereocenters. The van der Waals surface area contributed by atoms with Crippen LogP contribution in [0.5, 0.6) is 0 Å². The van der Waals surface area contributed by atoms with Crippen LogP contribution >= 0.6 is 23.2 Å². The number of nitrogens with one attached hydrogen (secondary N) is 2. The van der Waals surface area contributed by atoms with Crippen LogP contribution in [-0.4, -0.2) is 29.0 Å². The first-order valence-electron chi connectivity index (χ1n) is 4.67. The molecule has 0 aliphatic heterocycles. The number of aromatic nitrogens is 4. The number of tetrazole rings is 1. The second-order valence-corrected chi connectivity index (χ2v) is 5.72. The Kier molecular flexibility index (Phi) is 3.81. The highest BCUT2D eigenvalue weighted by atomic mass is 35.5. The van der Waals surface area contributed by atoms with E-state index in [1.165, 1.54) is 12.1 Å². The average Bonchev–Trinajstić information content (AvgIpc) is 2.78. The highest BCUT2D eigenvalue weighted by molar-refractivity contribution is 7.89. The van der Waals surface area contributed by atoms with E-state index in [0.29, 0.717) is 0 Å². The third-order valence-electron chi connectivity index (χ3n) is 2.00. The lowest BCUT2D eigenvalue weighted by Gasteiger charge is -2.08. The lowest BCUT2D eigenvalue weighted by molar-refractivity contribution is 0.579. The number of sulfonamides is 1. The molecular formula is C8H7Cl2N5O2S. The fourth-order valence-electron chi connectivity index (χ4n) is 1.23. The predicted molar refractivity (Wildman–Crippen MR) is 64.7 cm³/mol. The molecule has 0 radical (unpaired) electrons. The van der Waals surface area contributed by atoms with Crippen molar-refractivity contribution in [1.82, 2.24) is 25.3 Å². The topological polar surface area (TPSA) is 101 Å². The molecule has 0 amide bonds. The summed E-state index contributed by atoms with van der Waals surface area (Å²) in [5, 5.41) is 12.8. The second-order valence-electron chi connectivity index (χ2n) is 3.20. The van der Waals surface area contributed by atoms with Crippen LogP contribution in [0, 0.1) is 0 Å². The third-order valence-corrected chi connectivity index (χ3v) is 4.35. The maximum Gasteiger partial charge on any atom is 0.243 e. The van der Waals surface area contributed by atoms with Gasteiger partial charge >= 0.3 is 0 Å². The SMILES string of the molecule is O=S(=O)(NCc1nn[nH]n1)c1c(Cl)cccc1Cl. The van der Waals surface area contributed by atoms with Crippen LogP contribution in [0.4, 0.5) is 0 Å². The summed E-state index contributed by atoms with van der Waals surface area (Å²) in [5.74, 6) is 0.210. The summed E-state index contributed by atoms with van der Waals surface area (Å²) in [6, 6.07) is 4.44. The monoisotopic (exact) mass is 307 g/mol. The zero-order valence-corrected chi connectivity index (χ0v) is 11.1. The fourth-order valence-corrected chi connectivity index (χ4v) is 3.35. The zero-order chi connectivity index (χ0) is 13.2. The Labute approximate surface area is 113 Å². The zero-order valence-electron chi connectivity index (χ0n) is 8.76. The van der Waals surface area contributed by atoms with Gasteiger partial charge < -0.3 is 0 Å². The third kappa shape index (κ3) is 2.78. The molecule has 0 aliphatic rings. The highest BCUT2D eigenvalue weighted by Gasteiger charge is 2.21. The number of hydrogen-bond donors (Lipinski definition) is 2. The van der Waals surface area contributed by atoms with Crippen LogP contribution in [-0.2, 0) is 16.6 Å². The largest absolute Gasteiger partial charge is 0.243 e. The maximum atomic E-state index is 12.0. The molecule has 2 aromatic rings. The first-order chi connectivity index (χ1) is 8.50. The van der Waals surface area contributed by atoms with Gasteiger partial charge in [0.2, 0.25) is 10.0 Å². The van der Waals surface area contributed by atoms with Gasteiger partial charge in [-0.3, -0.25) is 0 Å². The number of hydrogen-bond acceptors (Lipinski definition) is 5. The molecule has 0 saturated carbocycles. The van der Waals surface area contributed by atoms with Crippen LogP contribution in [0.15, 0.2) is 23.1 Å². The molecule has 2 rings (SSSR count). The van der Waals surface area contributed by atoms with Crippen molar-refractivity contribution in [2.45, 2.75) is 11.4 Å². The van der Waals surface area contributed by atoms with Crippen LogP contribution in [0.25, 0.3) is 0 Å². The van der Waals surface area contributed by atoms with E-state index in [2.05, 4.69) is 25.3 Å². The van der Waals surface area contributed by atoms with Crippen LogP contribution in [0.3, 0.4) is 0 Å². The molecule has 0 unspecified atom stereocenters.